The molecule has 1 aliphatic rings. The Morgan fingerprint density at radius 3 is 2.52 bits per heavy atom. The number of nitro groups is 1. The van der Waals surface area contributed by atoms with Crippen LogP contribution < -0.4 is 14.8 Å². The van der Waals surface area contributed by atoms with Gasteiger partial charge in [-0.1, -0.05) is 0 Å². The summed E-state index contributed by atoms with van der Waals surface area (Å²) in [6, 6.07) is 9.63. The molecule has 0 aliphatic carbocycles. The molecule has 0 radical (unpaired) electrons. The van der Waals surface area contributed by atoms with Crippen LogP contribution in [0.2, 0.25) is 0 Å². The Balaban J connectivity index is 2.04. The van der Waals surface area contributed by atoms with Crippen molar-refractivity contribution in [3.8, 4) is 5.75 Å². The van der Waals surface area contributed by atoms with Crippen LogP contribution in [0, 0.1) is 10.1 Å². The Morgan fingerprint density at radius 1 is 1.24 bits per heavy atom. The smallest absolute Gasteiger partial charge is 0.269 e. The minimum absolute atomic E-state index is 0.00432. The van der Waals surface area contributed by atoms with Crippen LogP contribution in [-0.2, 0) is 10.0 Å². The van der Waals surface area contributed by atoms with Crippen molar-refractivity contribution >= 4 is 21.4 Å². The summed E-state index contributed by atoms with van der Waals surface area (Å²) in [7, 11) is -2.32. The largest absolute Gasteiger partial charge is 0.497 e. The van der Waals surface area contributed by atoms with E-state index < -0.39 is 14.9 Å². The van der Waals surface area contributed by atoms with Gasteiger partial charge in [0.2, 0.25) is 0 Å². The first-order chi connectivity index (χ1) is 11.8. The molecular formula is C16H17N3O5S. The summed E-state index contributed by atoms with van der Waals surface area (Å²) >= 11 is 0. The van der Waals surface area contributed by atoms with E-state index in [0.717, 1.165) is 0 Å². The Labute approximate surface area is 145 Å². The second-order valence-electron chi connectivity index (χ2n) is 5.65. The van der Waals surface area contributed by atoms with E-state index >= 15 is 0 Å². The average Bonchev–Trinajstić information content (AvgIpc) is 2.61. The molecule has 2 aromatic rings. The van der Waals surface area contributed by atoms with E-state index in [2.05, 4.69) is 0 Å². The molecule has 0 saturated heterocycles. The lowest BCUT2D eigenvalue weighted by molar-refractivity contribution is -0.384. The van der Waals surface area contributed by atoms with Crippen LogP contribution >= 0.6 is 0 Å². The highest BCUT2D eigenvalue weighted by atomic mass is 32.2. The van der Waals surface area contributed by atoms with E-state index in [1.54, 1.807) is 18.2 Å². The fraction of sp³-hybridized carbons (Fsp3) is 0.250. The molecule has 1 unspecified atom stereocenters. The van der Waals surface area contributed by atoms with E-state index in [1.165, 1.54) is 35.7 Å². The fourth-order valence-electron chi connectivity index (χ4n) is 2.83. The molecule has 0 bridgehead atoms. The van der Waals surface area contributed by atoms with Crippen LogP contribution in [0.5, 0.6) is 5.75 Å². The lowest BCUT2D eigenvalue weighted by Gasteiger charge is -2.33. The number of nitro benzene ring substituents is 1. The van der Waals surface area contributed by atoms with E-state index in [4.69, 9.17) is 10.5 Å². The molecule has 2 aromatic carbocycles. The maximum absolute atomic E-state index is 13.0. The number of nitrogens with zero attached hydrogens (tertiary/aromatic N) is 2. The average molecular weight is 363 g/mol. The van der Waals surface area contributed by atoms with Crippen LogP contribution in [0.3, 0.4) is 0 Å². The van der Waals surface area contributed by atoms with Crippen molar-refractivity contribution in [3.05, 3.63) is 58.1 Å². The van der Waals surface area contributed by atoms with Crippen molar-refractivity contribution in [2.75, 3.05) is 18.0 Å². The van der Waals surface area contributed by atoms with E-state index in [9.17, 15) is 18.5 Å². The Morgan fingerprint density at radius 2 is 1.92 bits per heavy atom. The van der Waals surface area contributed by atoms with Gasteiger partial charge in [0, 0.05) is 24.7 Å². The molecule has 25 heavy (non-hydrogen) atoms. The number of nitrogens with two attached hydrogens (primary N) is 1. The SMILES string of the molecule is COc1ccc2c(c1)C(N)CCN2S(=O)(=O)c1ccc([N+](=O)[O-])cc1. The lowest BCUT2D eigenvalue weighted by atomic mass is 9.98. The minimum atomic E-state index is -3.85. The van der Waals surface area contributed by atoms with Crippen molar-refractivity contribution < 1.29 is 18.1 Å². The van der Waals surface area contributed by atoms with E-state index in [-0.39, 0.29) is 23.2 Å². The normalized spacial score (nSPS) is 17.0. The van der Waals surface area contributed by atoms with Crippen molar-refractivity contribution in [2.24, 2.45) is 5.73 Å². The van der Waals surface area contributed by atoms with Crippen LogP contribution in [0.25, 0.3) is 0 Å². The number of methoxy groups -OCH3 is 1. The van der Waals surface area contributed by atoms with Gasteiger partial charge in [0.15, 0.2) is 0 Å². The maximum Gasteiger partial charge on any atom is 0.269 e. The molecule has 0 spiro atoms. The Hall–Kier alpha value is -2.65. The summed E-state index contributed by atoms with van der Waals surface area (Å²) in [4.78, 5) is 10.2. The Kier molecular flexibility index (Phi) is 4.36. The van der Waals surface area contributed by atoms with Gasteiger partial charge in [-0.05, 0) is 42.3 Å². The number of benzene rings is 2. The number of fused-ring (bicyclic) bond motifs is 1. The highest BCUT2D eigenvalue weighted by Crippen LogP contribution is 2.38. The first kappa shape index (κ1) is 17.2. The van der Waals surface area contributed by atoms with Gasteiger partial charge in [0.05, 0.1) is 22.6 Å². The molecule has 3 rings (SSSR count). The van der Waals surface area contributed by atoms with Crippen molar-refractivity contribution in [1.82, 2.24) is 0 Å². The number of non-ortho nitro benzene ring substituents is 1. The number of rotatable bonds is 4. The molecule has 0 amide bonds. The first-order valence-electron chi connectivity index (χ1n) is 7.55. The van der Waals surface area contributed by atoms with Gasteiger partial charge in [-0.3, -0.25) is 14.4 Å². The van der Waals surface area contributed by atoms with Crippen molar-refractivity contribution in [1.29, 1.82) is 0 Å². The molecule has 1 heterocycles. The lowest BCUT2D eigenvalue weighted by Crippen LogP contribution is -2.38. The third-order valence-electron chi connectivity index (χ3n) is 4.18. The third-order valence-corrected chi connectivity index (χ3v) is 6.01. The summed E-state index contributed by atoms with van der Waals surface area (Å²) in [5, 5.41) is 10.7. The standard InChI is InChI=1S/C16H17N3O5S/c1-24-12-4-7-16-14(10-12)15(17)8-9-18(16)25(22,23)13-5-2-11(3-6-13)19(20)21/h2-7,10,15H,8-9,17H2,1H3. The number of sulfonamides is 1. The second-order valence-corrected chi connectivity index (χ2v) is 7.51. The zero-order chi connectivity index (χ0) is 18.2. The maximum atomic E-state index is 13.0. The number of anilines is 1. The van der Waals surface area contributed by atoms with Crippen LogP contribution in [-0.4, -0.2) is 27.0 Å². The quantitative estimate of drug-likeness (QED) is 0.657. The highest BCUT2D eigenvalue weighted by Gasteiger charge is 2.32. The topological polar surface area (TPSA) is 116 Å². The highest BCUT2D eigenvalue weighted by molar-refractivity contribution is 7.92. The van der Waals surface area contributed by atoms with Crippen LogP contribution in [0.4, 0.5) is 11.4 Å². The molecule has 0 saturated carbocycles. The second kappa shape index (κ2) is 6.34. The summed E-state index contributed by atoms with van der Waals surface area (Å²) in [5.74, 6) is 0.601. The summed E-state index contributed by atoms with van der Waals surface area (Å²) in [6.07, 6.45) is 0.465. The molecule has 0 aromatic heterocycles. The molecule has 0 fully saturated rings. The molecule has 2 N–H and O–H groups in total. The van der Waals surface area contributed by atoms with Gasteiger partial charge < -0.3 is 10.5 Å². The van der Waals surface area contributed by atoms with Crippen LogP contribution in [0.15, 0.2) is 47.4 Å². The molecule has 1 atom stereocenters. The predicted molar refractivity (Wildman–Crippen MR) is 92.2 cm³/mol. The van der Waals surface area contributed by atoms with Crippen LogP contribution in [0.1, 0.15) is 18.0 Å². The number of ether oxygens (including phenoxy) is 1. The van der Waals surface area contributed by atoms with Gasteiger partial charge in [0.1, 0.15) is 5.75 Å². The third kappa shape index (κ3) is 3.03. The zero-order valence-electron chi connectivity index (χ0n) is 13.5. The predicted octanol–water partition coefficient (Wildman–Crippen LogP) is 2.20. The summed E-state index contributed by atoms with van der Waals surface area (Å²) in [5.41, 5.74) is 7.14. The number of hydrogen-bond acceptors (Lipinski definition) is 6. The Bertz CT molecular complexity index is 912. The van der Waals surface area contributed by atoms with Gasteiger partial charge >= 0.3 is 0 Å². The monoisotopic (exact) mass is 363 g/mol. The molecule has 8 nitrogen and oxygen atoms in total. The molecule has 9 heteroatoms. The summed E-state index contributed by atoms with van der Waals surface area (Å²) in [6.45, 7) is 0.236. The molecule has 132 valence electrons. The van der Waals surface area contributed by atoms with Gasteiger partial charge in [-0.15, -0.1) is 0 Å². The minimum Gasteiger partial charge on any atom is -0.497 e. The van der Waals surface area contributed by atoms with E-state index in [1.807, 2.05) is 0 Å². The van der Waals surface area contributed by atoms with E-state index in [0.29, 0.717) is 23.4 Å². The first-order valence-corrected chi connectivity index (χ1v) is 8.99. The van der Waals surface area contributed by atoms with Crippen molar-refractivity contribution in [3.63, 3.8) is 0 Å². The molecule has 1 aliphatic heterocycles. The number of hydrogen-bond donors (Lipinski definition) is 1. The van der Waals surface area contributed by atoms with Gasteiger partial charge in [-0.25, -0.2) is 8.42 Å². The van der Waals surface area contributed by atoms with Gasteiger partial charge in [0.25, 0.3) is 15.7 Å². The van der Waals surface area contributed by atoms with Crippen molar-refractivity contribution in [2.45, 2.75) is 17.4 Å². The fourth-order valence-corrected chi connectivity index (χ4v) is 4.34. The van der Waals surface area contributed by atoms with Gasteiger partial charge in [-0.2, -0.15) is 0 Å². The molecular weight excluding hydrogens is 346 g/mol. The summed E-state index contributed by atoms with van der Waals surface area (Å²) < 4.78 is 32.4. The zero-order valence-corrected chi connectivity index (χ0v) is 14.3.